The molecule has 1 saturated heterocycles. The fraction of sp³-hybridized carbons (Fsp3) is 0.316. The number of fused-ring (bicyclic) bond motifs is 1. The molecule has 3 atom stereocenters. The third-order valence-electron chi connectivity index (χ3n) is 4.66. The minimum Gasteiger partial charge on any atom is -0.477 e. The van der Waals surface area contributed by atoms with Crippen LogP contribution in [0.3, 0.4) is 0 Å². The minimum absolute atomic E-state index is 0.186. The molecule has 2 aliphatic rings. The lowest BCUT2D eigenvalue weighted by Gasteiger charge is -2.49. The minimum atomic E-state index is -1.41. The number of carboxylic acid groups (broad SMARTS) is 2. The van der Waals surface area contributed by atoms with Crippen molar-refractivity contribution in [3.8, 4) is 0 Å². The highest BCUT2D eigenvalue weighted by molar-refractivity contribution is 8.00. The Morgan fingerprint density at radius 3 is 2.48 bits per heavy atom. The molecule has 11 nitrogen and oxygen atoms in total. The molecule has 3 unspecified atom stereocenters. The SMILES string of the molecule is CC(=O)OCC1=C(C(=O)O)N2C(=O)C(NC(=O)C(NC(=O)O)c3ccccc3)C2SC1. The number of amides is 3. The summed E-state index contributed by atoms with van der Waals surface area (Å²) in [5.41, 5.74) is 0.387. The average Bonchev–Trinajstić information content (AvgIpc) is 2.73. The van der Waals surface area contributed by atoms with Gasteiger partial charge in [0.05, 0.1) is 0 Å². The van der Waals surface area contributed by atoms with Gasteiger partial charge >= 0.3 is 18.0 Å². The lowest BCUT2D eigenvalue weighted by molar-refractivity contribution is -0.151. The number of hydrogen-bond acceptors (Lipinski definition) is 7. The van der Waals surface area contributed by atoms with E-state index in [1.165, 1.54) is 18.7 Å². The number of benzene rings is 1. The molecule has 2 aliphatic heterocycles. The van der Waals surface area contributed by atoms with Gasteiger partial charge in [0.1, 0.15) is 29.8 Å². The molecular weight excluding hydrogens is 430 g/mol. The summed E-state index contributed by atoms with van der Waals surface area (Å²) in [7, 11) is 0. The lowest BCUT2D eigenvalue weighted by atomic mass is 10.0. The van der Waals surface area contributed by atoms with Gasteiger partial charge in [-0.3, -0.25) is 19.3 Å². The maximum absolute atomic E-state index is 12.8. The summed E-state index contributed by atoms with van der Waals surface area (Å²) in [6.45, 7) is 0.935. The predicted octanol–water partition coefficient (Wildman–Crippen LogP) is 0.297. The van der Waals surface area contributed by atoms with Crippen molar-refractivity contribution < 1.29 is 38.9 Å². The van der Waals surface area contributed by atoms with Crippen molar-refractivity contribution in [2.75, 3.05) is 12.4 Å². The predicted molar refractivity (Wildman–Crippen MR) is 107 cm³/mol. The molecule has 0 saturated carbocycles. The Bertz CT molecular complexity index is 964. The molecule has 4 N–H and O–H groups in total. The van der Waals surface area contributed by atoms with Gasteiger partial charge in [-0.15, -0.1) is 11.8 Å². The van der Waals surface area contributed by atoms with E-state index in [1.54, 1.807) is 30.3 Å². The van der Waals surface area contributed by atoms with E-state index >= 15 is 0 Å². The van der Waals surface area contributed by atoms with Crippen LogP contribution in [0.25, 0.3) is 0 Å². The summed E-state index contributed by atoms with van der Waals surface area (Å²) < 4.78 is 4.87. The van der Waals surface area contributed by atoms with Crippen molar-refractivity contribution in [2.24, 2.45) is 0 Å². The van der Waals surface area contributed by atoms with Crippen LogP contribution in [0, 0.1) is 0 Å². The number of carboxylic acids is 1. The third-order valence-corrected chi connectivity index (χ3v) is 6.00. The number of carbonyl (C=O) groups excluding carboxylic acids is 3. The van der Waals surface area contributed by atoms with E-state index in [0.717, 1.165) is 4.90 Å². The zero-order valence-electron chi connectivity index (χ0n) is 16.2. The van der Waals surface area contributed by atoms with Crippen LogP contribution in [0.4, 0.5) is 4.79 Å². The Kier molecular flexibility index (Phi) is 6.49. The van der Waals surface area contributed by atoms with E-state index in [2.05, 4.69) is 10.6 Å². The van der Waals surface area contributed by atoms with Crippen LogP contribution >= 0.6 is 11.8 Å². The molecule has 12 heteroatoms. The Morgan fingerprint density at radius 2 is 1.90 bits per heavy atom. The van der Waals surface area contributed by atoms with Gasteiger partial charge in [0.2, 0.25) is 5.91 Å². The van der Waals surface area contributed by atoms with Crippen molar-refractivity contribution in [3.63, 3.8) is 0 Å². The van der Waals surface area contributed by atoms with Crippen molar-refractivity contribution >= 4 is 41.6 Å². The van der Waals surface area contributed by atoms with Crippen molar-refractivity contribution in [1.82, 2.24) is 15.5 Å². The highest BCUT2D eigenvalue weighted by Crippen LogP contribution is 2.40. The molecule has 0 radical (unpaired) electrons. The molecule has 0 aliphatic carbocycles. The summed E-state index contributed by atoms with van der Waals surface area (Å²) in [5.74, 6) is -3.13. The number of nitrogens with one attached hydrogen (secondary N) is 2. The van der Waals surface area contributed by atoms with Gasteiger partial charge in [-0.05, 0) is 5.56 Å². The maximum atomic E-state index is 12.8. The van der Waals surface area contributed by atoms with Gasteiger partial charge in [0.25, 0.3) is 5.91 Å². The lowest BCUT2D eigenvalue weighted by Crippen LogP contribution is -2.71. The number of nitrogens with zero attached hydrogens (tertiary/aromatic N) is 1. The number of hydrogen-bond donors (Lipinski definition) is 4. The second-order valence-corrected chi connectivity index (χ2v) is 7.83. The van der Waals surface area contributed by atoms with Crippen LogP contribution in [-0.2, 0) is 23.9 Å². The van der Waals surface area contributed by atoms with Crippen LogP contribution < -0.4 is 10.6 Å². The van der Waals surface area contributed by atoms with Gasteiger partial charge < -0.3 is 25.6 Å². The first-order valence-corrected chi connectivity index (χ1v) is 10.1. The Hall–Kier alpha value is -3.54. The van der Waals surface area contributed by atoms with Crippen molar-refractivity contribution in [1.29, 1.82) is 0 Å². The first-order chi connectivity index (χ1) is 14.7. The Morgan fingerprint density at radius 1 is 1.23 bits per heavy atom. The van der Waals surface area contributed by atoms with Crippen LogP contribution in [-0.4, -0.2) is 68.7 Å². The first-order valence-electron chi connectivity index (χ1n) is 9.08. The fourth-order valence-electron chi connectivity index (χ4n) is 3.29. The summed E-state index contributed by atoms with van der Waals surface area (Å²) in [5, 5.41) is 22.6. The molecule has 1 aromatic rings. The number of thioether (sulfide) groups is 1. The molecule has 1 fully saturated rings. The van der Waals surface area contributed by atoms with E-state index in [4.69, 9.17) is 9.84 Å². The van der Waals surface area contributed by atoms with Crippen LogP contribution in [0.2, 0.25) is 0 Å². The van der Waals surface area contributed by atoms with E-state index in [0.29, 0.717) is 5.56 Å². The number of carbonyl (C=O) groups is 5. The summed E-state index contributed by atoms with van der Waals surface area (Å²) in [6, 6.07) is 5.85. The van der Waals surface area contributed by atoms with Gasteiger partial charge in [0, 0.05) is 18.2 Å². The van der Waals surface area contributed by atoms with Gasteiger partial charge in [-0.1, -0.05) is 30.3 Å². The van der Waals surface area contributed by atoms with E-state index in [-0.39, 0.29) is 23.6 Å². The topological polar surface area (TPSA) is 162 Å². The zero-order chi connectivity index (χ0) is 22.7. The third kappa shape index (κ3) is 4.63. The highest BCUT2D eigenvalue weighted by atomic mass is 32.2. The molecule has 3 rings (SSSR count). The van der Waals surface area contributed by atoms with Gasteiger partial charge in [0.15, 0.2) is 0 Å². The quantitative estimate of drug-likeness (QED) is 0.339. The summed E-state index contributed by atoms with van der Waals surface area (Å²) in [6.07, 6.45) is -1.41. The number of β-lactam (4-membered cyclic amide) rings is 1. The molecule has 2 heterocycles. The Labute approximate surface area is 180 Å². The standard InChI is InChI=1S/C19H19N3O8S/c1-9(23)30-7-11-8-31-17-13(16(25)22(17)14(11)18(26)27)20-15(24)12(21-19(28)29)10-5-3-2-4-6-10/h2-6,12-13,17,21H,7-8H2,1H3,(H,20,24)(H,26,27)(H,28,29). The van der Waals surface area contributed by atoms with Crippen molar-refractivity contribution in [3.05, 3.63) is 47.2 Å². The van der Waals surface area contributed by atoms with Crippen molar-refractivity contribution in [2.45, 2.75) is 24.4 Å². The van der Waals surface area contributed by atoms with Gasteiger partial charge in [-0.25, -0.2) is 9.59 Å². The molecule has 3 amide bonds. The monoisotopic (exact) mass is 449 g/mol. The molecule has 0 bridgehead atoms. The molecule has 31 heavy (non-hydrogen) atoms. The second kappa shape index (κ2) is 9.08. The number of aliphatic carboxylic acids is 1. The molecule has 0 aromatic heterocycles. The number of ether oxygens (including phenoxy) is 1. The second-order valence-electron chi connectivity index (χ2n) is 6.73. The van der Waals surface area contributed by atoms with Gasteiger partial charge in [-0.2, -0.15) is 0 Å². The smallest absolute Gasteiger partial charge is 0.405 e. The number of esters is 1. The van der Waals surface area contributed by atoms with Crippen LogP contribution in [0.5, 0.6) is 0 Å². The highest BCUT2D eigenvalue weighted by Gasteiger charge is 2.54. The van der Waals surface area contributed by atoms with E-state index in [9.17, 15) is 29.1 Å². The first kappa shape index (κ1) is 22.2. The van der Waals surface area contributed by atoms with E-state index < -0.39 is 47.3 Å². The van der Waals surface area contributed by atoms with Crippen LogP contribution in [0.15, 0.2) is 41.6 Å². The molecule has 1 aromatic carbocycles. The summed E-state index contributed by atoms with van der Waals surface area (Å²) >= 11 is 1.21. The maximum Gasteiger partial charge on any atom is 0.405 e. The molecule has 164 valence electrons. The average molecular weight is 449 g/mol. The van der Waals surface area contributed by atoms with Crippen LogP contribution in [0.1, 0.15) is 18.5 Å². The normalized spacial score (nSPS) is 20.8. The fourth-order valence-corrected chi connectivity index (χ4v) is 4.62. The molecular formula is C19H19N3O8S. The zero-order valence-corrected chi connectivity index (χ0v) is 17.0. The largest absolute Gasteiger partial charge is 0.477 e. The van der Waals surface area contributed by atoms with E-state index in [1.807, 2.05) is 0 Å². The number of rotatable bonds is 7. The molecule has 0 spiro atoms. The Balaban J connectivity index is 1.77. The summed E-state index contributed by atoms with van der Waals surface area (Å²) in [4.78, 5) is 60.4.